The molecular formula is C38H23Br5Cl2N14. The quantitative estimate of drug-likeness (QED) is 0.0853. The molecule has 2 heterocycles. The maximum Gasteiger partial charge on any atom is 0.249 e. The number of rotatable bonds is 12. The Hall–Kier alpha value is -4.96. The highest BCUT2D eigenvalue weighted by Gasteiger charge is 2.15. The zero-order chi connectivity index (χ0) is 42.5. The maximum absolute atomic E-state index is 9.00. The number of anilines is 8. The van der Waals surface area contributed by atoms with Gasteiger partial charge in [0.15, 0.2) is 21.9 Å². The second-order valence-corrected chi connectivity index (χ2v) is 16.7. The number of nitrogens with zero attached hydrogens (tertiary/aromatic N) is 10. The normalized spacial score (nSPS) is 10.2. The number of hydrogen-bond donors (Lipinski definition) is 4. The third kappa shape index (κ3) is 12.8. The van der Waals surface area contributed by atoms with Gasteiger partial charge < -0.3 is 31.0 Å². The molecule has 0 aliphatic carbocycles. The van der Waals surface area contributed by atoms with Crippen molar-refractivity contribution < 1.29 is 0 Å². The number of nitrogens with one attached hydrogen (secondary N) is 4. The molecule has 21 heteroatoms. The minimum absolute atomic E-state index is 0.101. The van der Waals surface area contributed by atoms with Crippen LogP contribution < -0.4 is 21.3 Å². The lowest BCUT2D eigenvalue weighted by atomic mass is 10.1. The molecule has 4 N–H and O–H groups in total. The lowest BCUT2D eigenvalue weighted by Crippen LogP contribution is -2.05. The molecule has 14 nitrogen and oxygen atoms in total. The lowest BCUT2D eigenvalue weighted by Gasteiger charge is -2.13. The van der Waals surface area contributed by atoms with Crippen molar-refractivity contribution in [3.05, 3.63) is 144 Å². The number of hydrogen-bond acceptors (Lipinski definition) is 12. The van der Waals surface area contributed by atoms with Crippen molar-refractivity contribution in [1.82, 2.24) is 30.4 Å². The molecule has 0 bridgehead atoms. The zero-order valence-corrected chi connectivity index (χ0v) is 39.2. The Morgan fingerprint density at radius 2 is 1.00 bits per heavy atom. The Morgan fingerprint density at radius 3 is 1.42 bits per heavy atom. The molecule has 0 fully saturated rings. The third-order valence-corrected chi connectivity index (χ3v) is 11.3. The summed E-state index contributed by atoms with van der Waals surface area (Å²) in [6.07, 6.45) is 1.33. The fraction of sp³-hybridized carbons (Fsp3) is 0.105. The Labute approximate surface area is 390 Å². The van der Waals surface area contributed by atoms with Crippen LogP contribution in [0, 0.1) is 35.8 Å². The molecule has 294 valence electrons. The van der Waals surface area contributed by atoms with Gasteiger partial charge in [-0.1, -0.05) is 23.2 Å². The van der Waals surface area contributed by atoms with Gasteiger partial charge in [-0.15, -0.1) is 20.4 Å². The molecule has 0 amide bonds. The highest BCUT2D eigenvalue weighted by atomic mass is 79.9. The summed E-state index contributed by atoms with van der Waals surface area (Å²) in [4.78, 5) is 15.6. The van der Waals surface area contributed by atoms with Crippen LogP contribution >= 0.6 is 103 Å². The smallest absolute Gasteiger partial charge is 0.249 e. The summed E-state index contributed by atoms with van der Waals surface area (Å²) < 4.78 is 3.87. The van der Waals surface area contributed by atoms with Crippen LogP contribution in [-0.2, 0) is 12.8 Å². The van der Waals surface area contributed by atoms with Gasteiger partial charge in [0.25, 0.3) is 0 Å². The van der Waals surface area contributed by atoms with Crippen molar-refractivity contribution in [2.75, 3.05) is 34.4 Å². The maximum atomic E-state index is 9.00. The number of halogens is 7. The summed E-state index contributed by atoms with van der Waals surface area (Å²) in [6, 6.07) is 23.9. The van der Waals surface area contributed by atoms with E-state index in [2.05, 4.69) is 153 Å². The molecule has 0 aliphatic rings. The first-order valence-corrected chi connectivity index (χ1v) is 21.3. The van der Waals surface area contributed by atoms with Crippen molar-refractivity contribution in [3.63, 3.8) is 0 Å². The van der Waals surface area contributed by atoms with Gasteiger partial charge in [-0.3, -0.25) is 0 Å². The predicted octanol–water partition coefficient (Wildman–Crippen LogP) is 12.5. The van der Waals surface area contributed by atoms with Crippen molar-refractivity contribution in [2.45, 2.75) is 12.8 Å². The molecular weight excluding hydrogens is 1120 g/mol. The molecule has 0 spiro atoms. The van der Waals surface area contributed by atoms with E-state index in [1.807, 2.05) is 24.3 Å². The number of aromatic nitrogens is 6. The summed E-state index contributed by atoms with van der Waals surface area (Å²) in [6.45, 7) is 14.7. The first-order valence-electron chi connectivity index (χ1n) is 16.6. The predicted molar refractivity (Wildman–Crippen MR) is 247 cm³/mol. The van der Waals surface area contributed by atoms with E-state index < -0.39 is 0 Å². The van der Waals surface area contributed by atoms with E-state index >= 15 is 0 Å². The second-order valence-electron chi connectivity index (χ2n) is 11.7. The fourth-order valence-corrected chi connectivity index (χ4v) is 8.53. The molecule has 0 atom stereocenters. The van der Waals surface area contributed by atoms with Gasteiger partial charge in [0.05, 0.1) is 40.3 Å². The second kappa shape index (κ2) is 21.9. The van der Waals surface area contributed by atoms with Crippen molar-refractivity contribution >= 4 is 149 Å². The van der Waals surface area contributed by atoms with Crippen LogP contribution in [0.1, 0.15) is 22.3 Å². The summed E-state index contributed by atoms with van der Waals surface area (Å²) >= 11 is 29.8. The Balaban J connectivity index is 0.000000224. The fourth-order valence-electron chi connectivity index (χ4n) is 4.84. The van der Waals surface area contributed by atoms with Crippen LogP contribution in [0.25, 0.3) is 9.69 Å². The molecule has 2 aromatic heterocycles. The molecule has 0 saturated carbocycles. The lowest BCUT2D eigenvalue weighted by molar-refractivity contribution is 0.981. The molecule has 4 aromatic carbocycles. The van der Waals surface area contributed by atoms with Crippen LogP contribution in [0.2, 0.25) is 10.3 Å². The molecule has 0 saturated heterocycles. The van der Waals surface area contributed by atoms with Gasteiger partial charge in [-0.05, 0) is 158 Å². The van der Waals surface area contributed by atoms with Gasteiger partial charge in [0.2, 0.25) is 25.0 Å². The highest BCUT2D eigenvalue weighted by Crippen LogP contribution is 2.37. The van der Waals surface area contributed by atoms with Crippen LogP contribution in [0.5, 0.6) is 0 Å². The van der Waals surface area contributed by atoms with Crippen molar-refractivity contribution in [2.24, 2.45) is 0 Å². The van der Waals surface area contributed by atoms with Crippen molar-refractivity contribution in [3.8, 4) is 12.1 Å². The van der Waals surface area contributed by atoms with Crippen LogP contribution in [0.4, 0.5) is 46.3 Å². The molecule has 0 radical (unpaired) electrons. The summed E-state index contributed by atoms with van der Waals surface area (Å²) in [5.41, 5.74) is 5.97. The summed E-state index contributed by atoms with van der Waals surface area (Å²) in [7, 11) is 0. The number of nitriles is 2. The Kier molecular flexibility index (Phi) is 16.7. The van der Waals surface area contributed by atoms with E-state index in [0.29, 0.717) is 64.5 Å². The van der Waals surface area contributed by atoms with E-state index in [0.717, 1.165) is 40.4 Å². The largest absolute Gasteiger partial charge is 0.337 e. The third-order valence-electron chi connectivity index (χ3n) is 7.62. The van der Waals surface area contributed by atoms with Crippen LogP contribution in [0.3, 0.4) is 0 Å². The Morgan fingerprint density at radius 1 is 0.559 bits per heavy atom. The van der Waals surface area contributed by atoms with E-state index in [1.54, 1.807) is 42.5 Å². The van der Waals surface area contributed by atoms with Gasteiger partial charge in [-0.2, -0.15) is 20.5 Å². The topological polar surface area (TPSA) is 182 Å². The molecule has 0 aliphatic heterocycles. The molecule has 6 aromatic rings. The standard InChI is InChI=1S/C19H11Br3ClN7.C19H12Br2ClN7/c1-25-5-4-10-6-13(21)16(14(22)7-10)27-19-28-18(17(23)29-30-19)26-15-3-2-11(9-24)8-12(15)20;1-24-7-6-12-8-14(20)16(15(21)9-12)26-19-27-18(17(22)28-29-19)25-13-4-2-11(10-23)3-5-13/h2-3,6-8H,4-5H2,(H2,26,27,28,30);2-5,8-9H,6-7H2,(H2,25,26,27,29). The van der Waals surface area contributed by atoms with Gasteiger partial charge in [0, 0.05) is 40.9 Å². The molecule has 59 heavy (non-hydrogen) atoms. The summed E-state index contributed by atoms with van der Waals surface area (Å²) in [5.74, 6) is 1.12. The van der Waals surface area contributed by atoms with E-state index in [4.69, 9.17) is 46.9 Å². The molecule has 6 rings (SSSR count). The average molecular weight is 1150 g/mol. The average Bonchev–Trinajstić information content (AvgIpc) is 3.22. The first kappa shape index (κ1) is 45.1. The first-order chi connectivity index (χ1) is 28.4. The van der Waals surface area contributed by atoms with Crippen LogP contribution in [-0.4, -0.2) is 43.5 Å². The van der Waals surface area contributed by atoms with Gasteiger partial charge >= 0.3 is 0 Å². The van der Waals surface area contributed by atoms with Crippen LogP contribution in [0.15, 0.2) is 89.1 Å². The number of benzene rings is 4. The summed E-state index contributed by atoms with van der Waals surface area (Å²) in [5, 5.41) is 46.4. The monoisotopic (exact) mass is 1140 g/mol. The van der Waals surface area contributed by atoms with E-state index in [-0.39, 0.29) is 22.2 Å². The minimum atomic E-state index is 0.101. The molecule has 0 unspecified atom stereocenters. The van der Waals surface area contributed by atoms with E-state index in [1.165, 1.54) is 0 Å². The zero-order valence-electron chi connectivity index (χ0n) is 29.8. The van der Waals surface area contributed by atoms with Gasteiger partial charge in [0.1, 0.15) is 0 Å². The van der Waals surface area contributed by atoms with Crippen molar-refractivity contribution in [1.29, 1.82) is 10.5 Å². The van der Waals surface area contributed by atoms with E-state index in [9.17, 15) is 0 Å². The SMILES string of the molecule is [C-]#[N+]CCc1cc(Br)c(Nc2nnc(Cl)c(Nc3ccc(C#N)cc3)n2)c(Br)c1.[C-]#[N+]CCc1cc(Br)c(Nc2nnc(Cl)c(Nc3ccc(C#N)cc3Br)n2)c(Br)c1. The highest BCUT2D eigenvalue weighted by molar-refractivity contribution is 9.11. The van der Waals surface area contributed by atoms with Gasteiger partial charge in [-0.25, -0.2) is 13.1 Å². The minimum Gasteiger partial charge on any atom is -0.337 e. The Bertz CT molecular complexity index is 2630.